The van der Waals surface area contributed by atoms with E-state index in [1.54, 1.807) is 6.07 Å². The lowest BCUT2D eigenvalue weighted by Crippen LogP contribution is -2.32. The third-order valence-corrected chi connectivity index (χ3v) is 3.11. The number of rotatable bonds is 10. The average Bonchev–Trinajstić information content (AvgIpc) is 2.63. The Balaban J connectivity index is 1.68. The Morgan fingerprint density at radius 3 is 2.25 bits per heavy atom. The Hall–Kier alpha value is -2.69. The van der Waals surface area contributed by atoms with Gasteiger partial charge in [0.15, 0.2) is 18.1 Å². The van der Waals surface area contributed by atoms with E-state index in [-0.39, 0.29) is 12.5 Å². The van der Waals surface area contributed by atoms with Gasteiger partial charge in [-0.1, -0.05) is 37.3 Å². The maximum absolute atomic E-state index is 11.8. The van der Waals surface area contributed by atoms with Crippen LogP contribution in [0.3, 0.4) is 0 Å². The van der Waals surface area contributed by atoms with Crippen LogP contribution < -0.4 is 19.5 Å². The van der Waals surface area contributed by atoms with Gasteiger partial charge in [0.05, 0.1) is 13.2 Å². The Morgan fingerprint density at radius 2 is 1.54 bits per heavy atom. The van der Waals surface area contributed by atoms with Crippen LogP contribution in [0.2, 0.25) is 0 Å². The number of para-hydroxylation sites is 3. The number of ether oxygens (including phenoxy) is 3. The third kappa shape index (κ3) is 6.20. The van der Waals surface area contributed by atoms with Crippen molar-refractivity contribution in [2.45, 2.75) is 13.3 Å². The van der Waals surface area contributed by atoms with Gasteiger partial charge in [-0.3, -0.25) is 4.79 Å². The summed E-state index contributed by atoms with van der Waals surface area (Å²) in [7, 11) is 0. The lowest BCUT2D eigenvalue weighted by atomic mass is 10.3. The lowest BCUT2D eigenvalue weighted by Gasteiger charge is -2.12. The summed E-state index contributed by atoms with van der Waals surface area (Å²) >= 11 is 0. The van der Waals surface area contributed by atoms with Crippen LogP contribution in [-0.4, -0.2) is 32.3 Å². The molecule has 0 saturated heterocycles. The zero-order chi connectivity index (χ0) is 17.0. The third-order valence-electron chi connectivity index (χ3n) is 3.11. The van der Waals surface area contributed by atoms with Crippen molar-refractivity contribution in [2.24, 2.45) is 0 Å². The Labute approximate surface area is 142 Å². The van der Waals surface area contributed by atoms with Crippen LogP contribution >= 0.6 is 0 Å². The summed E-state index contributed by atoms with van der Waals surface area (Å²) in [6, 6.07) is 16.8. The summed E-state index contributed by atoms with van der Waals surface area (Å²) in [5.41, 5.74) is 0. The molecule has 0 bridgehead atoms. The van der Waals surface area contributed by atoms with E-state index >= 15 is 0 Å². The predicted octanol–water partition coefficient (Wildman–Crippen LogP) is 3.05. The van der Waals surface area contributed by atoms with Crippen LogP contribution in [0.25, 0.3) is 0 Å². The van der Waals surface area contributed by atoms with Crippen molar-refractivity contribution >= 4 is 5.91 Å². The molecule has 5 nitrogen and oxygen atoms in total. The van der Waals surface area contributed by atoms with Crippen LogP contribution in [0.5, 0.6) is 17.2 Å². The summed E-state index contributed by atoms with van der Waals surface area (Å²) in [6.07, 6.45) is 0.913. The number of amides is 1. The van der Waals surface area contributed by atoms with Crippen LogP contribution in [0, 0.1) is 0 Å². The highest BCUT2D eigenvalue weighted by atomic mass is 16.5. The highest BCUT2D eigenvalue weighted by Gasteiger charge is 2.07. The number of hydrogen-bond acceptors (Lipinski definition) is 4. The Morgan fingerprint density at radius 1 is 0.875 bits per heavy atom. The normalized spacial score (nSPS) is 10.0. The highest BCUT2D eigenvalue weighted by Crippen LogP contribution is 2.26. The first-order valence-corrected chi connectivity index (χ1v) is 8.08. The van der Waals surface area contributed by atoms with Gasteiger partial charge < -0.3 is 19.5 Å². The van der Waals surface area contributed by atoms with Crippen LogP contribution in [0.4, 0.5) is 0 Å². The zero-order valence-electron chi connectivity index (χ0n) is 13.9. The fraction of sp³-hybridized carbons (Fsp3) is 0.316. The Kier molecular flexibility index (Phi) is 7.47. The van der Waals surface area contributed by atoms with Gasteiger partial charge in [0.25, 0.3) is 5.91 Å². The molecule has 1 N–H and O–H groups in total. The average molecular weight is 329 g/mol. The molecule has 24 heavy (non-hydrogen) atoms. The minimum absolute atomic E-state index is 0.0577. The molecule has 0 fully saturated rings. The van der Waals surface area contributed by atoms with Crippen molar-refractivity contribution in [3.8, 4) is 17.2 Å². The van der Waals surface area contributed by atoms with Crippen molar-refractivity contribution in [3.05, 3.63) is 54.6 Å². The molecule has 0 unspecified atom stereocenters. The van der Waals surface area contributed by atoms with Crippen molar-refractivity contribution in [3.63, 3.8) is 0 Å². The molecule has 0 aliphatic heterocycles. The number of carbonyl (C=O) groups is 1. The molecule has 2 rings (SSSR count). The van der Waals surface area contributed by atoms with Crippen LogP contribution in [0.15, 0.2) is 54.6 Å². The summed E-state index contributed by atoms with van der Waals surface area (Å²) in [5, 5.41) is 2.76. The molecular formula is C19H23NO4. The molecule has 0 aromatic heterocycles. The van der Waals surface area contributed by atoms with Gasteiger partial charge in [0.1, 0.15) is 12.4 Å². The zero-order valence-corrected chi connectivity index (χ0v) is 13.9. The quantitative estimate of drug-likeness (QED) is 0.681. The van der Waals surface area contributed by atoms with E-state index in [4.69, 9.17) is 14.2 Å². The van der Waals surface area contributed by atoms with Gasteiger partial charge >= 0.3 is 0 Å². The molecule has 0 atom stereocenters. The Bertz CT molecular complexity index is 616. The van der Waals surface area contributed by atoms with Crippen LogP contribution in [0.1, 0.15) is 13.3 Å². The fourth-order valence-corrected chi connectivity index (χ4v) is 1.97. The van der Waals surface area contributed by atoms with Gasteiger partial charge in [0, 0.05) is 0 Å². The van der Waals surface area contributed by atoms with Crippen molar-refractivity contribution in [1.82, 2.24) is 5.32 Å². The van der Waals surface area contributed by atoms with E-state index in [0.29, 0.717) is 31.3 Å². The standard InChI is InChI=1S/C19H23NO4/c1-2-13-23-17-10-6-7-11-18(17)24-15-19(21)20-12-14-22-16-8-4-3-5-9-16/h3-11H,2,12-15H2,1H3,(H,20,21). The molecule has 0 saturated carbocycles. The maximum Gasteiger partial charge on any atom is 0.258 e. The van der Waals surface area contributed by atoms with Gasteiger partial charge in [-0.25, -0.2) is 0 Å². The molecule has 0 heterocycles. The van der Waals surface area contributed by atoms with Gasteiger partial charge in [0.2, 0.25) is 0 Å². The lowest BCUT2D eigenvalue weighted by molar-refractivity contribution is -0.123. The molecule has 2 aromatic rings. The topological polar surface area (TPSA) is 56.8 Å². The van der Waals surface area contributed by atoms with Gasteiger partial charge in [-0.05, 0) is 30.7 Å². The summed E-state index contributed by atoms with van der Waals surface area (Å²) in [4.78, 5) is 11.8. The monoisotopic (exact) mass is 329 g/mol. The smallest absolute Gasteiger partial charge is 0.258 e. The molecule has 0 aliphatic carbocycles. The minimum atomic E-state index is -0.197. The number of benzene rings is 2. The largest absolute Gasteiger partial charge is 0.492 e. The second-order valence-corrected chi connectivity index (χ2v) is 5.10. The number of carbonyl (C=O) groups excluding carboxylic acids is 1. The van der Waals surface area contributed by atoms with E-state index < -0.39 is 0 Å². The molecule has 1 amide bonds. The highest BCUT2D eigenvalue weighted by molar-refractivity contribution is 5.77. The summed E-state index contributed by atoms with van der Waals surface area (Å²) in [6.45, 7) is 3.42. The molecule has 5 heteroatoms. The molecule has 128 valence electrons. The van der Waals surface area contributed by atoms with E-state index in [2.05, 4.69) is 5.32 Å². The first kappa shape index (κ1) is 17.7. The molecule has 0 aliphatic rings. The first-order valence-electron chi connectivity index (χ1n) is 8.08. The predicted molar refractivity (Wildman–Crippen MR) is 92.7 cm³/mol. The maximum atomic E-state index is 11.8. The minimum Gasteiger partial charge on any atom is -0.492 e. The van der Waals surface area contributed by atoms with Crippen molar-refractivity contribution < 1.29 is 19.0 Å². The summed E-state index contributed by atoms with van der Waals surface area (Å²) in [5.74, 6) is 1.81. The molecule has 2 aromatic carbocycles. The second-order valence-electron chi connectivity index (χ2n) is 5.10. The number of hydrogen-bond donors (Lipinski definition) is 1. The molecular weight excluding hydrogens is 306 g/mol. The number of nitrogens with one attached hydrogen (secondary N) is 1. The molecule has 0 spiro atoms. The molecule has 0 radical (unpaired) electrons. The van der Waals surface area contributed by atoms with Crippen molar-refractivity contribution in [1.29, 1.82) is 0 Å². The van der Waals surface area contributed by atoms with E-state index in [0.717, 1.165) is 12.2 Å². The van der Waals surface area contributed by atoms with Gasteiger partial charge in [-0.15, -0.1) is 0 Å². The summed E-state index contributed by atoms with van der Waals surface area (Å²) < 4.78 is 16.6. The van der Waals surface area contributed by atoms with Crippen LogP contribution in [-0.2, 0) is 4.79 Å². The first-order chi connectivity index (χ1) is 11.8. The van der Waals surface area contributed by atoms with Gasteiger partial charge in [-0.2, -0.15) is 0 Å². The fourth-order valence-electron chi connectivity index (χ4n) is 1.97. The van der Waals surface area contributed by atoms with E-state index in [1.165, 1.54) is 0 Å². The van der Waals surface area contributed by atoms with E-state index in [1.807, 2.05) is 55.5 Å². The second kappa shape index (κ2) is 10.2. The SMILES string of the molecule is CCCOc1ccccc1OCC(=O)NCCOc1ccccc1. The van der Waals surface area contributed by atoms with Crippen molar-refractivity contribution in [2.75, 3.05) is 26.4 Å². The van der Waals surface area contributed by atoms with E-state index in [9.17, 15) is 4.79 Å².